The molecule has 1 saturated heterocycles. The Hall–Kier alpha value is -1.43. The molecule has 2 amide bonds. The monoisotopic (exact) mass is 377 g/mol. The molecule has 0 radical (unpaired) electrons. The third kappa shape index (κ3) is 3.95. The van der Waals surface area contributed by atoms with Crippen LogP contribution in [0.1, 0.15) is 70.0 Å². The van der Waals surface area contributed by atoms with Crippen LogP contribution in [0.5, 0.6) is 0 Å². The lowest BCUT2D eigenvalue weighted by Gasteiger charge is -2.37. The van der Waals surface area contributed by atoms with Gasteiger partial charge in [0.1, 0.15) is 5.01 Å². The number of carbonyl (C=O) groups is 2. The number of likely N-dealkylation sites (tertiary alicyclic amines) is 1. The molecule has 6 heteroatoms. The van der Waals surface area contributed by atoms with Crippen molar-refractivity contribution < 1.29 is 9.59 Å². The molecule has 2 heterocycles. The van der Waals surface area contributed by atoms with Crippen molar-refractivity contribution in [2.75, 3.05) is 13.1 Å². The van der Waals surface area contributed by atoms with Gasteiger partial charge in [-0.05, 0) is 32.6 Å². The van der Waals surface area contributed by atoms with E-state index in [-0.39, 0.29) is 23.3 Å². The molecule has 1 atom stereocenters. The Kier molecular flexibility index (Phi) is 5.42. The first kappa shape index (κ1) is 19.3. The summed E-state index contributed by atoms with van der Waals surface area (Å²) in [4.78, 5) is 32.2. The number of hydrogen-bond donors (Lipinski definition) is 1. The van der Waals surface area contributed by atoms with E-state index in [1.54, 1.807) is 11.3 Å². The molecule has 0 aromatic carbocycles. The molecule has 0 spiro atoms. The lowest BCUT2D eigenvalue weighted by molar-refractivity contribution is -0.143. The average molecular weight is 378 g/mol. The highest BCUT2D eigenvalue weighted by Crippen LogP contribution is 2.40. The first-order chi connectivity index (χ1) is 12.2. The molecular weight excluding hydrogens is 346 g/mol. The second-order valence-corrected chi connectivity index (χ2v) is 9.77. The summed E-state index contributed by atoms with van der Waals surface area (Å²) < 4.78 is 0. The number of thiazole rings is 1. The van der Waals surface area contributed by atoms with Crippen molar-refractivity contribution in [2.24, 2.45) is 11.3 Å². The van der Waals surface area contributed by atoms with Crippen LogP contribution >= 0.6 is 11.3 Å². The van der Waals surface area contributed by atoms with Gasteiger partial charge in [-0.2, -0.15) is 0 Å². The second kappa shape index (κ2) is 7.29. The number of amides is 2. The smallest absolute Gasteiger partial charge is 0.227 e. The molecule has 1 N–H and O–H groups in total. The molecule has 26 heavy (non-hydrogen) atoms. The molecule has 3 rings (SSSR count). The minimum atomic E-state index is -0.399. The van der Waals surface area contributed by atoms with Crippen molar-refractivity contribution in [3.63, 3.8) is 0 Å². The summed E-state index contributed by atoms with van der Waals surface area (Å²) >= 11 is 1.65. The summed E-state index contributed by atoms with van der Waals surface area (Å²) in [6.45, 7) is 9.12. The van der Waals surface area contributed by atoms with Crippen LogP contribution in [0.4, 0.5) is 0 Å². The van der Waals surface area contributed by atoms with Gasteiger partial charge in [-0.25, -0.2) is 4.98 Å². The van der Waals surface area contributed by atoms with Crippen LogP contribution in [0.3, 0.4) is 0 Å². The summed E-state index contributed by atoms with van der Waals surface area (Å²) in [5.74, 6) is 0.112. The zero-order chi connectivity index (χ0) is 18.9. The van der Waals surface area contributed by atoms with Crippen molar-refractivity contribution >= 4 is 23.2 Å². The fourth-order valence-electron chi connectivity index (χ4n) is 4.13. The SMILES string of the molecule is Cc1csc(C2(NC(=O)[C@H]3CCCN(C(=O)C(C)(C)C)C3)CCCC2)n1. The summed E-state index contributed by atoms with van der Waals surface area (Å²) in [5.41, 5.74) is 0.320. The third-order valence-electron chi connectivity index (χ3n) is 5.57. The van der Waals surface area contributed by atoms with Crippen LogP contribution in [-0.4, -0.2) is 34.8 Å². The Morgan fingerprint density at radius 2 is 1.96 bits per heavy atom. The van der Waals surface area contributed by atoms with Gasteiger partial charge in [0.25, 0.3) is 0 Å². The number of aromatic nitrogens is 1. The lowest BCUT2D eigenvalue weighted by atomic mass is 9.90. The molecule has 2 aliphatic rings. The van der Waals surface area contributed by atoms with Crippen molar-refractivity contribution in [3.8, 4) is 0 Å². The van der Waals surface area contributed by atoms with Gasteiger partial charge < -0.3 is 10.2 Å². The first-order valence-electron chi connectivity index (χ1n) is 9.75. The van der Waals surface area contributed by atoms with Gasteiger partial charge in [0.2, 0.25) is 11.8 Å². The Morgan fingerprint density at radius 1 is 1.27 bits per heavy atom. The Labute approximate surface area is 160 Å². The van der Waals surface area contributed by atoms with Crippen LogP contribution in [0.25, 0.3) is 0 Å². The fraction of sp³-hybridized carbons (Fsp3) is 0.750. The molecule has 144 valence electrons. The van der Waals surface area contributed by atoms with E-state index in [1.807, 2.05) is 32.6 Å². The molecule has 1 aromatic rings. The normalized spacial score (nSPS) is 23.1. The number of carbonyl (C=O) groups excluding carboxylic acids is 2. The maximum Gasteiger partial charge on any atom is 0.227 e. The van der Waals surface area contributed by atoms with Gasteiger partial charge in [-0.15, -0.1) is 11.3 Å². The van der Waals surface area contributed by atoms with E-state index in [0.29, 0.717) is 6.54 Å². The lowest BCUT2D eigenvalue weighted by Crippen LogP contribution is -2.52. The van der Waals surface area contributed by atoms with Gasteiger partial charge in [-0.1, -0.05) is 33.6 Å². The summed E-state index contributed by atoms with van der Waals surface area (Å²) in [5, 5.41) is 6.46. The van der Waals surface area contributed by atoms with Crippen molar-refractivity contribution in [2.45, 2.75) is 71.8 Å². The molecule has 0 unspecified atom stereocenters. The first-order valence-corrected chi connectivity index (χ1v) is 10.6. The summed E-state index contributed by atoms with van der Waals surface area (Å²) in [6.07, 6.45) is 5.92. The van der Waals surface area contributed by atoms with Gasteiger partial charge in [0.15, 0.2) is 0 Å². The number of nitrogens with zero attached hydrogens (tertiary/aromatic N) is 2. The van der Waals surface area contributed by atoms with Crippen LogP contribution in [0.15, 0.2) is 5.38 Å². The van der Waals surface area contributed by atoms with Crippen molar-refractivity contribution in [1.29, 1.82) is 0 Å². The van der Waals surface area contributed by atoms with Gasteiger partial charge in [0.05, 0.1) is 11.5 Å². The quantitative estimate of drug-likeness (QED) is 0.875. The maximum atomic E-state index is 13.1. The summed E-state index contributed by atoms with van der Waals surface area (Å²) in [7, 11) is 0. The predicted octanol–water partition coefficient (Wildman–Crippen LogP) is 3.62. The molecule has 1 aliphatic carbocycles. The fourth-order valence-corrected chi connectivity index (χ4v) is 5.14. The third-order valence-corrected chi connectivity index (χ3v) is 6.73. The Morgan fingerprint density at radius 3 is 2.54 bits per heavy atom. The Bertz CT molecular complexity index is 671. The highest BCUT2D eigenvalue weighted by atomic mass is 32.1. The molecule has 5 nitrogen and oxygen atoms in total. The number of aryl methyl sites for hydroxylation is 1. The zero-order valence-corrected chi connectivity index (χ0v) is 17.2. The van der Waals surface area contributed by atoms with E-state index in [9.17, 15) is 9.59 Å². The van der Waals surface area contributed by atoms with Crippen LogP contribution in [0.2, 0.25) is 0 Å². The number of nitrogens with one attached hydrogen (secondary N) is 1. The van der Waals surface area contributed by atoms with Crippen LogP contribution in [0, 0.1) is 18.3 Å². The van der Waals surface area contributed by atoms with E-state index in [0.717, 1.165) is 55.8 Å². The zero-order valence-electron chi connectivity index (χ0n) is 16.4. The van der Waals surface area contributed by atoms with E-state index in [2.05, 4.69) is 15.7 Å². The highest BCUT2D eigenvalue weighted by Gasteiger charge is 2.42. The standard InChI is InChI=1S/C20H31N3O2S/c1-14-13-26-17(21-14)20(9-5-6-10-20)22-16(24)15-8-7-11-23(12-15)18(25)19(2,3)4/h13,15H,5-12H2,1-4H3,(H,22,24)/t15-/m0/s1. The number of rotatable bonds is 3. The van der Waals surface area contributed by atoms with Crippen LogP contribution < -0.4 is 5.32 Å². The van der Waals surface area contributed by atoms with Crippen molar-refractivity contribution in [1.82, 2.24) is 15.2 Å². The minimum Gasteiger partial charge on any atom is -0.344 e. The average Bonchev–Trinajstić information content (AvgIpc) is 3.23. The highest BCUT2D eigenvalue weighted by molar-refractivity contribution is 7.09. The number of piperidine rings is 1. The largest absolute Gasteiger partial charge is 0.344 e. The van der Waals surface area contributed by atoms with E-state index >= 15 is 0 Å². The molecule has 1 aliphatic heterocycles. The van der Waals surface area contributed by atoms with Gasteiger partial charge >= 0.3 is 0 Å². The van der Waals surface area contributed by atoms with E-state index in [4.69, 9.17) is 0 Å². The predicted molar refractivity (Wildman–Crippen MR) is 104 cm³/mol. The van der Waals surface area contributed by atoms with Crippen molar-refractivity contribution in [3.05, 3.63) is 16.1 Å². The number of hydrogen-bond acceptors (Lipinski definition) is 4. The molecule has 2 fully saturated rings. The topological polar surface area (TPSA) is 62.3 Å². The van der Waals surface area contributed by atoms with Gasteiger partial charge in [-0.3, -0.25) is 9.59 Å². The van der Waals surface area contributed by atoms with Crippen LogP contribution in [-0.2, 0) is 15.1 Å². The van der Waals surface area contributed by atoms with E-state index in [1.165, 1.54) is 0 Å². The second-order valence-electron chi connectivity index (χ2n) is 8.91. The molecule has 1 saturated carbocycles. The molecule has 1 aromatic heterocycles. The van der Waals surface area contributed by atoms with Gasteiger partial charge in [0, 0.05) is 29.6 Å². The molecular formula is C20H31N3O2S. The van der Waals surface area contributed by atoms with E-state index < -0.39 is 5.41 Å². The Balaban J connectivity index is 1.71. The minimum absolute atomic E-state index is 0.0890. The maximum absolute atomic E-state index is 13.1. The molecule has 0 bridgehead atoms. The summed E-state index contributed by atoms with van der Waals surface area (Å²) in [6, 6.07) is 0.